The summed E-state index contributed by atoms with van der Waals surface area (Å²) in [6.45, 7) is 1.63. The lowest BCUT2D eigenvalue weighted by molar-refractivity contribution is -0.143. The van der Waals surface area contributed by atoms with Crippen LogP contribution in [-0.4, -0.2) is 38.8 Å². The van der Waals surface area contributed by atoms with E-state index < -0.39 is 28.5 Å². The number of nitrogens with two attached hydrogens (primary N) is 1. The SMILES string of the molecule is C[C@H](O)C(=O)N1N=C(c2cc(F)ccc2F)SC1(CCCN)c1cccc(O)c1. The van der Waals surface area contributed by atoms with Crippen molar-refractivity contribution in [3.8, 4) is 5.75 Å². The molecule has 0 aliphatic carbocycles. The van der Waals surface area contributed by atoms with E-state index in [0.717, 1.165) is 35.0 Å². The number of hydrogen-bond donors (Lipinski definition) is 3. The Morgan fingerprint density at radius 3 is 2.72 bits per heavy atom. The number of carbonyl (C=O) groups is 1. The molecule has 2 atom stereocenters. The number of aliphatic hydroxyl groups excluding tert-OH is 1. The topological polar surface area (TPSA) is 99.2 Å². The van der Waals surface area contributed by atoms with Crippen molar-refractivity contribution in [3.63, 3.8) is 0 Å². The summed E-state index contributed by atoms with van der Waals surface area (Å²) in [5, 5.41) is 25.3. The molecule has 0 spiro atoms. The van der Waals surface area contributed by atoms with Crippen LogP contribution in [0.4, 0.5) is 8.78 Å². The molecule has 0 bridgehead atoms. The first-order valence-corrected chi connectivity index (χ1v) is 9.85. The van der Waals surface area contributed by atoms with E-state index >= 15 is 0 Å². The number of aromatic hydroxyl groups is 1. The number of rotatable bonds is 6. The van der Waals surface area contributed by atoms with Gasteiger partial charge in [0.1, 0.15) is 33.4 Å². The molecule has 0 fully saturated rings. The summed E-state index contributed by atoms with van der Waals surface area (Å²) in [6, 6.07) is 9.26. The molecule has 1 aliphatic heterocycles. The van der Waals surface area contributed by atoms with Gasteiger partial charge in [-0.1, -0.05) is 23.9 Å². The number of phenols is 1. The molecule has 154 valence electrons. The minimum Gasteiger partial charge on any atom is -0.508 e. The Balaban J connectivity index is 2.18. The number of benzene rings is 2. The van der Waals surface area contributed by atoms with Crippen molar-refractivity contribution >= 4 is 22.7 Å². The fraction of sp³-hybridized carbons (Fsp3) is 0.300. The minimum absolute atomic E-state index is 0.0231. The lowest BCUT2D eigenvalue weighted by Crippen LogP contribution is -2.45. The number of amides is 1. The molecule has 0 aromatic heterocycles. The molecule has 1 heterocycles. The fourth-order valence-electron chi connectivity index (χ4n) is 3.14. The number of carbonyl (C=O) groups excluding carboxylic acids is 1. The molecule has 0 saturated heterocycles. The van der Waals surface area contributed by atoms with Crippen LogP contribution in [0.5, 0.6) is 5.75 Å². The molecule has 1 unspecified atom stereocenters. The van der Waals surface area contributed by atoms with Crippen LogP contribution >= 0.6 is 11.8 Å². The first-order valence-electron chi connectivity index (χ1n) is 9.03. The van der Waals surface area contributed by atoms with Gasteiger partial charge in [-0.05, 0) is 62.2 Å². The maximum absolute atomic E-state index is 14.4. The summed E-state index contributed by atoms with van der Waals surface area (Å²) in [4.78, 5) is 11.6. The van der Waals surface area contributed by atoms with Crippen molar-refractivity contribution in [2.24, 2.45) is 10.8 Å². The number of hydrazone groups is 1. The first-order chi connectivity index (χ1) is 13.8. The predicted octanol–water partition coefficient (Wildman–Crippen LogP) is 2.88. The number of nitrogens with zero attached hydrogens (tertiary/aromatic N) is 2. The predicted molar refractivity (Wildman–Crippen MR) is 107 cm³/mol. The Morgan fingerprint density at radius 1 is 1.31 bits per heavy atom. The zero-order valence-corrected chi connectivity index (χ0v) is 16.5. The molecule has 0 saturated carbocycles. The van der Waals surface area contributed by atoms with E-state index in [2.05, 4.69) is 5.10 Å². The normalized spacial score (nSPS) is 19.9. The van der Waals surface area contributed by atoms with Crippen molar-refractivity contribution in [3.05, 3.63) is 65.2 Å². The highest BCUT2D eigenvalue weighted by molar-refractivity contribution is 8.15. The molecule has 6 nitrogen and oxygen atoms in total. The van der Waals surface area contributed by atoms with Crippen molar-refractivity contribution in [1.29, 1.82) is 0 Å². The van der Waals surface area contributed by atoms with Gasteiger partial charge in [0.2, 0.25) is 0 Å². The van der Waals surface area contributed by atoms with Crippen LogP contribution in [0, 0.1) is 11.6 Å². The molecule has 3 rings (SSSR count). The summed E-state index contributed by atoms with van der Waals surface area (Å²) in [7, 11) is 0. The summed E-state index contributed by atoms with van der Waals surface area (Å²) >= 11 is 1.06. The molecule has 1 aliphatic rings. The zero-order valence-electron chi connectivity index (χ0n) is 15.7. The van der Waals surface area contributed by atoms with Gasteiger partial charge in [0, 0.05) is 5.56 Å². The fourth-order valence-corrected chi connectivity index (χ4v) is 4.56. The van der Waals surface area contributed by atoms with Crippen molar-refractivity contribution in [2.45, 2.75) is 30.7 Å². The van der Waals surface area contributed by atoms with E-state index in [1.165, 1.54) is 19.1 Å². The Hall–Kier alpha value is -2.49. The van der Waals surface area contributed by atoms with Crippen LogP contribution in [0.3, 0.4) is 0 Å². The smallest absolute Gasteiger partial charge is 0.272 e. The summed E-state index contributed by atoms with van der Waals surface area (Å²) in [5.74, 6) is -2.06. The van der Waals surface area contributed by atoms with Crippen molar-refractivity contribution in [1.82, 2.24) is 5.01 Å². The van der Waals surface area contributed by atoms with E-state index in [1.54, 1.807) is 12.1 Å². The average molecular weight is 421 g/mol. The largest absolute Gasteiger partial charge is 0.508 e. The van der Waals surface area contributed by atoms with Crippen LogP contribution in [0.2, 0.25) is 0 Å². The molecule has 2 aromatic rings. The highest BCUT2D eigenvalue weighted by Crippen LogP contribution is 2.51. The standard InChI is InChI=1S/C20H21F2N3O3S/c1-12(26)19(28)25-20(8-3-9-23,13-4-2-5-15(27)10-13)29-18(24-25)16-11-14(21)6-7-17(16)22/h2,4-7,10-12,26-27H,3,8-9,23H2,1H3/t12-,20?/m0/s1. The number of halogens is 2. The third-order valence-electron chi connectivity index (χ3n) is 4.54. The number of thioether (sulfide) groups is 1. The van der Waals surface area contributed by atoms with Gasteiger partial charge in [0.05, 0.1) is 0 Å². The molecule has 29 heavy (non-hydrogen) atoms. The zero-order chi connectivity index (χ0) is 21.2. The quantitative estimate of drug-likeness (QED) is 0.666. The third kappa shape index (κ3) is 4.12. The van der Waals surface area contributed by atoms with E-state index in [1.807, 2.05) is 0 Å². The third-order valence-corrected chi connectivity index (χ3v) is 5.99. The van der Waals surface area contributed by atoms with Crippen LogP contribution in [0.1, 0.15) is 30.9 Å². The van der Waals surface area contributed by atoms with E-state index in [-0.39, 0.29) is 16.4 Å². The molecule has 2 aromatic carbocycles. The Labute approximate surface area is 171 Å². The van der Waals surface area contributed by atoms with Gasteiger partial charge >= 0.3 is 0 Å². The maximum Gasteiger partial charge on any atom is 0.272 e. The minimum atomic E-state index is -1.37. The van der Waals surface area contributed by atoms with Crippen molar-refractivity contribution < 1.29 is 23.8 Å². The van der Waals surface area contributed by atoms with Gasteiger partial charge in [-0.15, -0.1) is 0 Å². The second-order valence-corrected chi connectivity index (χ2v) is 7.95. The molecular weight excluding hydrogens is 400 g/mol. The second kappa shape index (κ2) is 8.48. The van der Waals surface area contributed by atoms with Gasteiger partial charge in [-0.3, -0.25) is 4.79 Å². The summed E-state index contributed by atoms with van der Waals surface area (Å²) < 4.78 is 28.2. The Morgan fingerprint density at radius 2 is 2.07 bits per heavy atom. The first kappa shape index (κ1) is 21.2. The number of phenolic OH excluding ortho intramolecular Hbond substituents is 1. The van der Waals surface area contributed by atoms with Crippen LogP contribution in [0.25, 0.3) is 0 Å². The van der Waals surface area contributed by atoms with Crippen molar-refractivity contribution in [2.75, 3.05) is 6.54 Å². The highest BCUT2D eigenvalue weighted by atomic mass is 32.2. The molecular formula is C20H21F2N3O3S. The van der Waals surface area contributed by atoms with Gasteiger partial charge in [-0.2, -0.15) is 5.10 Å². The van der Waals surface area contributed by atoms with Crippen LogP contribution in [-0.2, 0) is 9.67 Å². The molecule has 4 N–H and O–H groups in total. The number of aliphatic hydroxyl groups is 1. The summed E-state index contributed by atoms with van der Waals surface area (Å²) in [5.41, 5.74) is 6.12. The Kier molecular flexibility index (Phi) is 6.21. The van der Waals surface area contributed by atoms with Crippen LogP contribution < -0.4 is 5.73 Å². The molecule has 9 heteroatoms. The average Bonchev–Trinajstić information content (AvgIpc) is 3.08. The Bertz CT molecular complexity index is 954. The van der Waals surface area contributed by atoms with E-state index in [9.17, 15) is 23.8 Å². The van der Waals surface area contributed by atoms with E-state index in [0.29, 0.717) is 24.9 Å². The molecule has 0 radical (unpaired) electrons. The lowest BCUT2D eigenvalue weighted by atomic mass is 9.99. The van der Waals surface area contributed by atoms with E-state index in [4.69, 9.17) is 5.73 Å². The van der Waals surface area contributed by atoms with Crippen LogP contribution in [0.15, 0.2) is 47.6 Å². The van der Waals surface area contributed by atoms with Gasteiger partial charge < -0.3 is 15.9 Å². The number of hydrogen-bond acceptors (Lipinski definition) is 6. The maximum atomic E-state index is 14.4. The van der Waals surface area contributed by atoms with Gasteiger partial charge in [0.15, 0.2) is 0 Å². The summed E-state index contributed by atoms with van der Waals surface area (Å²) in [6.07, 6.45) is -0.564. The highest BCUT2D eigenvalue weighted by Gasteiger charge is 2.49. The van der Waals surface area contributed by atoms with Gasteiger partial charge in [-0.25, -0.2) is 13.8 Å². The molecule has 1 amide bonds. The van der Waals surface area contributed by atoms with Gasteiger partial charge in [0.25, 0.3) is 5.91 Å². The monoisotopic (exact) mass is 421 g/mol. The second-order valence-electron chi connectivity index (χ2n) is 6.68. The lowest BCUT2D eigenvalue weighted by Gasteiger charge is -2.36.